The highest BCUT2D eigenvalue weighted by Gasteiger charge is 2.28. The SMILES string of the molecule is C=CCn1c(CN(CCCCN)[C@H]2CCCc3cccnc32)nc2ccccc21. The Labute approximate surface area is 173 Å². The first-order valence-electron chi connectivity index (χ1n) is 10.7. The van der Waals surface area contributed by atoms with Crippen molar-refractivity contribution in [3.63, 3.8) is 0 Å². The predicted octanol–water partition coefficient (Wildman–Crippen LogP) is 4.24. The van der Waals surface area contributed by atoms with Crippen molar-refractivity contribution in [3.8, 4) is 0 Å². The second-order valence-electron chi connectivity index (χ2n) is 7.84. The van der Waals surface area contributed by atoms with Crippen LogP contribution in [0.1, 0.15) is 48.8 Å². The zero-order valence-electron chi connectivity index (χ0n) is 17.1. The van der Waals surface area contributed by atoms with Crippen LogP contribution in [0.2, 0.25) is 0 Å². The molecule has 1 aliphatic carbocycles. The fraction of sp³-hybridized carbons (Fsp3) is 0.417. The van der Waals surface area contributed by atoms with E-state index in [4.69, 9.17) is 15.7 Å². The molecule has 0 bridgehead atoms. The van der Waals surface area contributed by atoms with Crippen LogP contribution in [0, 0.1) is 0 Å². The van der Waals surface area contributed by atoms with Gasteiger partial charge in [-0.2, -0.15) is 0 Å². The summed E-state index contributed by atoms with van der Waals surface area (Å²) in [6.45, 7) is 7.29. The number of hydrogen-bond donors (Lipinski definition) is 1. The summed E-state index contributed by atoms with van der Waals surface area (Å²) >= 11 is 0. The van der Waals surface area contributed by atoms with Gasteiger partial charge >= 0.3 is 0 Å². The minimum Gasteiger partial charge on any atom is -0.330 e. The van der Waals surface area contributed by atoms with E-state index in [1.165, 1.54) is 23.2 Å². The fourth-order valence-corrected chi connectivity index (χ4v) is 4.51. The van der Waals surface area contributed by atoms with Crippen LogP contribution in [-0.2, 0) is 19.5 Å². The third-order valence-corrected chi connectivity index (χ3v) is 5.90. The minimum absolute atomic E-state index is 0.342. The van der Waals surface area contributed by atoms with E-state index in [0.29, 0.717) is 6.04 Å². The number of para-hydroxylation sites is 2. The molecule has 0 fully saturated rings. The van der Waals surface area contributed by atoms with Crippen LogP contribution < -0.4 is 5.73 Å². The lowest BCUT2D eigenvalue weighted by atomic mass is 9.90. The van der Waals surface area contributed by atoms with Crippen LogP contribution >= 0.6 is 0 Å². The van der Waals surface area contributed by atoms with E-state index >= 15 is 0 Å². The first kappa shape index (κ1) is 19.8. The van der Waals surface area contributed by atoms with Gasteiger partial charge in [-0.05, 0) is 69.0 Å². The van der Waals surface area contributed by atoms with Gasteiger partial charge in [0.15, 0.2) is 0 Å². The number of rotatable bonds is 9. The monoisotopic (exact) mass is 389 g/mol. The molecule has 0 unspecified atom stereocenters. The van der Waals surface area contributed by atoms with Crippen LogP contribution in [0.25, 0.3) is 11.0 Å². The number of allylic oxidation sites excluding steroid dienone is 1. The summed E-state index contributed by atoms with van der Waals surface area (Å²) in [5.41, 5.74) is 10.6. The number of nitrogens with two attached hydrogens (primary N) is 1. The number of imidazole rings is 1. The van der Waals surface area contributed by atoms with Gasteiger partial charge < -0.3 is 10.3 Å². The highest BCUT2D eigenvalue weighted by atomic mass is 15.2. The molecule has 5 heteroatoms. The maximum Gasteiger partial charge on any atom is 0.124 e. The van der Waals surface area contributed by atoms with Gasteiger partial charge in [-0.3, -0.25) is 9.88 Å². The molecule has 0 saturated heterocycles. The summed E-state index contributed by atoms with van der Waals surface area (Å²) in [4.78, 5) is 12.3. The zero-order chi connectivity index (χ0) is 20.1. The maximum atomic E-state index is 5.78. The Balaban J connectivity index is 1.67. The van der Waals surface area contributed by atoms with E-state index in [1.54, 1.807) is 0 Å². The van der Waals surface area contributed by atoms with E-state index in [1.807, 2.05) is 12.3 Å². The van der Waals surface area contributed by atoms with Gasteiger partial charge in [-0.15, -0.1) is 6.58 Å². The normalized spacial score (nSPS) is 16.3. The van der Waals surface area contributed by atoms with E-state index in [9.17, 15) is 0 Å². The molecule has 2 heterocycles. The quantitative estimate of drug-likeness (QED) is 0.439. The van der Waals surface area contributed by atoms with Crippen molar-refractivity contribution in [2.24, 2.45) is 5.73 Å². The summed E-state index contributed by atoms with van der Waals surface area (Å²) < 4.78 is 2.29. The number of unbranched alkanes of at least 4 members (excludes halogenated alkanes) is 1. The number of hydrogen-bond acceptors (Lipinski definition) is 4. The maximum absolute atomic E-state index is 5.78. The van der Waals surface area contributed by atoms with Crippen molar-refractivity contribution in [2.75, 3.05) is 13.1 Å². The van der Waals surface area contributed by atoms with Gasteiger partial charge in [-0.1, -0.05) is 24.3 Å². The number of benzene rings is 1. The van der Waals surface area contributed by atoms with Gasteiger partial charge in [0.1, 0.15) is 5.82 Å². The molecule has 5 nitrogen and oxygen atoms in total. The average molecular weight is 390 g/mol. The molecule has 4 rings (SSSR count). The lowest BCUT2D eigenvalue weighted by Gasteiger charge is -2.35. The van der Waals surface area contributed by atoms with Crippen molar-refractivity contribution in [3.05, 3.63) is 72.3 Å². The molecule has 29 heavy (non-hydrogen) atoms. The van der Waals surface area contributed by atoms with Gasteiger partial charge in [-0.25, -0.2) is 4.98 Å². The lowest BCUT2D eigenvalue weighted by molar-refractivity contribution is 0.157. The average Bonchev–Trinajstić information content (AvgIpc) is 3.10. The van der Waals surface area contributed by atoms with E-state index in [2.05, 4.69) is 52.4 Å². The first-order chi connectivity index (χ1) is 14.3. The Morgan fingerprint density at radius 2 is 2.10 bits per heavy atom. The van der Waals surface area contributed by atoms with Crippen molar-refractivity contribution < 1.29 is 0 Å². The Bertz CT molecular complexity index is 961. The first-order valence-corrected chi connectivity index (χ1v) is 10.7. The molecule has 0 saturated carbocycles. The van der Waals surface area contributed by atoms with Crippen LogP contribution in [-0.4, -0.2) is 32.5 Å². The third-order valence-electron chi connectivity index (χ3n) is 5.90. The Morgan fingerprint density at radius 1 is 1.21 bits per heavy atom. The van der Waals surface area contributed by atoms with Crippen molar-refractivity contribution in [2.45, 2.75) is 51.2 Å². The second-order valence-corrected chi connectivity index (χ2v) is 7.84. The molecule has 152 valence electrons. The van der Waals surface area contributed by atoms with E-state index < -0.39 is 0 Å². The standard InChI is InChI=1S/C24H31N5/c1-2-16-29-21-12-4-3-11-20(21)27-23(29)18-28(17-6-5-14-25)22-13-7-9-19-10-8-15-26-24(19)22/h2-4,8,10-12,15,22H,1,5-7,9,13-14,16-18,25H2/t22-/m0/s1. The molecular weight excluding hydrogens is 358 g/mol. The van der Waals surface area contributed by atoms with E-state index in [0.717, 1.165) is 63.2 Å². The summed E-state index contributed by atoms with van der Waals surface area (Å²) in [6, 6.07) is 13.0. The van der Waals surface area contributed by atoms with Crippen molar-refractivity contribution >= 4 is 11.0 Å². The number of pyridine rings is 1. The summed E-state index contributed by atoms with van der Waals surface area (Å²) in [6.07, 6.45) is 9.51. The number of fused-ring (bicyclic) bond motifs is 2. The lowest BCUT2D eigenvalue weighted by Crippen LogP contribution is -2.33. The number of nitrogens with zero attached hydrogens (tertiary/aromatic N) is 4. The zero-order valence-corrected chi connectivity index (χ0v) is 17.1. The summed E-state index contributed by atoms with van der Waals surface area (Å²) in [7, 11) is 0. The van der Waals surface area contributed by atoms with Gasteiger partial charge in [0, 0.05) is 12.7 Å². The summed E-state index contributed by atoms with van der Waals surface area (Å²) in [5.74, 6) is 1.10. The van der Waals surface area contributed by atoms with Crippen molar-refractivity contribution in [1.29, 1.82) is 0 Å². The molecule has 1 aliphatic rings. The van der Waals surface area contributed by atoms with Crippen molar-refractivity contribution in [1.82, 2.24) is 19.4 Å². The largest absolute Gasteiger partial charge is 0.330 e. The third kappa shape index (κ3) is 4.26. The van der Waals surface area contributed by atoms with Gasteiger partial charge in [0.2, 0.25) is 0 Å². The van der Waals surface area contributed by atoms with E-state index in [-0.39, 0.29) is 0 Å². The molecule has 0 aliphatic heterocycles. The molecular formula is C24H31N5. The molecule has 2 N–H and O–H groups in total. The van der Waals surface area contributed by atoms with Gasteiger partial charge in [0.05, 0.1) is 29.3 Å². The molecule has 0 amide bonds. The van der Waals surface area contributed by atoms with Crippen LogP contribution in [0.4, 0.5) is 0 Å². The molecule has 2 aromatic heterocycles. The highest BCUT2D eigenvalue weighted by Crippen LogP contribution is 2.34. The highest BCUT2D eigenvalue weighted by molar-refractivity contribution is 5.75. The fourth-order valence-electron chi connectivity index (χ4n) is 4.51. The van der Waals surface area contributed by atoms with Crippen LogP contribution in [0.3, 0.4) is 0 Å². The molecule has 0 spiro atoms. The minimum atomic E-state index is 0.342. The number of aromatic nitrogens is 3. The Hall–Kier alpha value is -2.50. The second kappa shape index (κ2) is 9.33. The Kier molecular flexibility index (Phi) is 6.37. The Morgan fingerprint density at radius 3 is 2.97 bits per heavy atom. The van der Waals surface area contributed by atoms with Gasteiger partial charge in [0.25, 0.3) is 0 Å². The topological polar surface area (TPSA) is 60.0 Å². The predicted molar refractivity (Wildman–Crippen MR) is 119 cm³/mol. The molecule has 1 atom stereocenters. The molecule has 1 aromatic carbocycles. The molecule has 0 radical (unpaired) electrons. The number of aryl methyl sites for hydroxylation is 1. The smallest absolute Gasteiger partial charge is 0.124 e. The summed E-state index contributed by atoms with van der Waals surface area (Å²) in [5, 5.41) is 0. The van der Waals surface area contributed by atoms with Crippen LogP contribution in [0.5, 0.6) is 0 Å². The van der Waals surface area contributed by atoms with Crippen LogP contribution in [0.15, 0.2) is 55.3 Å². The molecule has 3 aromatic rings.